The van der Waals surface area contributed by atoms with Crippen molar-refractivity contribution in [1.82, 2.24) is 9.80 Å². The fraction of sp³-hybridized carbons (Fsp3) is 0.882. The molecular weight excluding hydrogens is 312 g/mol. The fourth-order valence-corrected chi connectivity index (χ4v) is 3.56. The minimum Gasteiger partial charge on any atom is -0.381 e. The smallest absolute Gasteiger partial charge is 0.249 e. The van der Waals surface area contributed by atoms with Gasteiger partial charge in [0.05, 0.1) is 0 Å². The van der Waals surface area contributed by atoms with E-state index in [0.29, 0.717) is 26.4 Å². The van der Waals surface area contributed by atoms with Gasteiger partial charge in [-0.2, -0.15) is 0 Å². The molecule has 0 saturated carbocycles. The molecule has 2 amide bonds. The van der Waals surface area contributed by atoms with E-state index >= 15 is 0 Å². The lowest BCUT2D eigenvalue weighted by Gasteiger charge is -2.44. The number of likely N-dealkylation sites (tertiary alicyclic amines) is 1. The van der Waals surface area contributed by atoms with Crippen molar-refractivity contribution in [3.05, 3.63) is 0 Å². The number of nitrogens with zero attached hydrogens (tertiary/aromatic N) is 2. The molecule has 0 aromatic carbocycles. The molecule has 0 aromatic rings. The summed E-state index contributed by atoms with van der Waals surface area (Å²) >= 11 is 0. The molecule has 2 saturated heterocycles. The third-order valence-electron chi connectivity index (χ3n) is 4.71. The van der Waals surface area contributed by atoms with Crippen LogP contribution < -0.4 is 0 Å². The van der Waals surface area contributed by atoms with Gasteiger partial charge in [-0.3, -0.25) is 9.59 Å². The summed E-state index contributed by atoms with van der Waals surface area (Å²) in [5, 5.41) is 0. The maximum Gasteiger partial charge on any atom is 0.249 e. The van der Waals surface area contributed by atoms with Crippen molar-refractivity contribution in [1.29, 1.82) is 0 Å². The summed E-state index contributed by atoms with van der Waals surface area (Å²) in [7, 11) is 1.54. The largest absolute Gasteiger partial charge is 0.381 e. The number of hydrogen-bond donors (Lipinski definition) is 0. The van der Waals surface area contributed by atoms with E-state index in [1.54, 1.807) is 7.11 Å². The highest BCUT2D eigenvalue weighted by atomic mass is 16.5. The van der Waals surface area contributed by atoms with E-state index in [1.165, 1.54) is 0 Å². The van der Waals surface area contributed by atoms with E-state index in [0.717, 1.165) is 32.2 Å². The summed E-state index contributed by atoms with van der Waals surface area (Å²) in [6, 6.07) is 0.225. The van der Waals surface area contributed by atoms with Crippen LogP contribution in [0.3, 0.4) is 0 Å². The van der Waals surface area contributed by atoms with Crippen molar-refractivity contribution in [2.45, 2.75) is 44.7 Å². The molecule has 0 radical (unpaired) electrons. The lowest BCUT2D eigenvalue weighted by atomic mass is 9.98. The predicted octanol–water partition coefficient (Wildman–Crippen LogP) is 0.668. The zero-order chi connectivity index (χ0) is 17.4. The average molecular weight is 342 g/mol. The van der Waals surface area contributed by atoms with Crippen molar-refractivity contribution < 1.29 is 23.8 Å². The van der Waals surface area contributed by atoms with Gasteiger partial charge in [0.2, 0.25) is 11.8 Å². The molecule has 24 heavy (non-hydrogen) atoms. The summed E-state index contributed by atoms with van der Waals surface area (Å²) in [6.07, 6.45) is 3.52. The number of ether oxygens (including phenoxy) is 3. The molecule has 0 N–H and O–H groups in total. The van der Waals surface area contributed by atoms with E-state index < -0.39 is 0 Å². The molecule has 138 valence electrons. The molecule has 2 rings (SSSR count). The van der Waals surface area contributed by atoms with E-state index in [4.69, 9.17) is 14.2 Å². The fourth-order valence-electron chi connectivity index (χ4n) is 3.56. The number of carbonyl (C=O) groups is 2. The Morgan fingerprint density at radius 3 is 2.58 bits per heavy atom. The molecule has 0 aromatic heterocycles. The van der Waals surface area contributed by atoms with Crippen molar-refractivity contribution in [3.8, 4) is 0 Å². The molecule has 0 spiro atoms. The molecule has 2 aliphatic heterocycles. The standard InChI is InChI=1S/C17H30N2O5/c1-3-23-13-16(20)18-8-4-5-15(11-18)19(17(21)12-22-2)14-6-9-24-10-7-14/h14-15H,3-13H2,1-2H3. The van der Waals surface area contributed by atoms with E-state index in [9.17, 15) is 9.59 Å². The van der Waals surface area contributed by atoms with Gasteiger partial charge in [0, 0.05) is 52.1 Å². The van der Waals surface area contributed by atoms with Crippen molar-refractivity contribution in [3.63, 3.8) is 0 Å². The maximum atomic E-state index is 12.6. The van der Waals surface area contributed by atoms with Crippen LogP contribution >= 0.6 is 0 Å². The Labute approximate surface area is 144 Å². The van der Waals surface area contributed by atoms with Crippen molar-refractivity contribution in [2.24, 2.45) is 0 Å². The second-order valence-corrected chi connectivity index (χ2v) is 6.35. The van der Waals surface area contributed by atoms with Crippen LogP contribution in [0, 0.1) is 0 Å². The summed E-state index contributed by atoms with van der Waals surface area (Å²) < 4.78 is 15.7. The van der Waals surface area contributed by atoms with Gasteiger partial charge in [-0.1, -0.05) is 0 Å². The Morgan fingerprint density at radius 1 is 1.17 bits per heavy atom. The molecule has 2 fully saturated rings. The van der Waals surface area contributed by atoms with Crippen LogP contribution in [0.4, 0.5) is 0 Å². The Kier molecular flexibility index (Phi) is 7.94. The van der Waals surface area contributed by atoms with Gasteiger partial charge in [-0.15, -0.1) is 0 Å². The second kappa shape index (κ2) is 9.96. The first-order valence-electron chi connectivity index (χ1n) is 8.90. The minimum absolute atomic E-state index is 0.00710. The quantitative estimate of drug-likeness (QED) is 0.680. The van der Waals surface area contributed by atoms with Crippen LogP contribution in [-0.4, -0.2) is 86.9 Å². The van der Waals surface area contributed by atoms with E-state index in [1.807, 2.05) is 16.7 Å². The topological polar surface area (TPSA) is 68.3 Å². The monoisotopic (exact) mass is 342 g/mol. The molecular formula is C17H30N2O5. The summed E-state index contributed by atoms with van der Waals surface area (Å²) in [4.78, 5) is 28.7. The van der Waals surface area contributed by atoms with Crippen molar-refractivity contribution >= 4 is 11.8 Å². The lowest BCUT2D eigenvalue weighted by molar-refractivity contribution is -0.148. The predicted molar refractivity (Wildman–Crippen MR) is 88.7 cm³/mol. The maximum absolute atomic E-state index is 12.6. The normalized spacial score (nSPS) is 22.4. The Morgan fingerprint density at radius 2 is 1.92 bits per heavy atom. The molecule has 1 unspecified atom stereocenters. The van der Waals surface area contributed by atoms with Gasteiger partial charge in [-0.05, 0) is 32.6 Å². The number of methoxy groups -OCH3 is 1. The summed E-state index contributed by atoms with van der Waals surface area (Å²) in [6.45, 7) is 5.29. The first-order valence-corrected chi connectivity index (χ1v) is 8.90. The van der Waals surface area contributed by atoms with E-state index in [2.05, 4.69) is 0 Å². The first-order chi connectivity index (χ1) is 11.7. The van der Waals surface area contributed by atoms with Crippen LogP contribution in [0.5, 0.6) is 0 Å². The lowest BCUT2D eigenvalue weighted by Crippen LogP contribution is -2.57. The molecule has 1 atom stereocenters. The third-order valence-corrected chi connectivity index (χ3v) is 4.71. The zero-order valence-electron chi connectivity index (χ0n) is 14.9. The number of amides is 2. The van der Waals surface area contributed by atoms with Gasteiger partial charge >= 0.3 is 0 Å². The van der Waals surface area contributed by atoms with Crippen LogP contribution in [0.25, 0.3) is 0 Å². The van der Waals surface area contributed by atoms with Crippen LogP contribution in [-0.2, 0) is 23.8 Å². The molecule has 2 aliphatic rings. The molecule has 7 nitrogen and oxygen atoms in total. The van der Waals surface area contributed by atoms with Gasteiger partial charge in [-0.25, -0.2) is 0 Å². The number of rotatable bonds is 7. The van der Waals surface area contributed by atoms with Crippen molar-refractivity contribution in [2.75, 3.05) is 53.2 Å². The SMILES string of the molecule is CCOCC(=O)N1CCCC(N(C(=O)COC)C2CCOCC2)C1. The molecule has 2 heterocycles. The Balaban J connectivity index is 2.03. The highest BCUT2D eigenvalue weighted by Gasteiger charge is 2.35. The van der Waals surface area contributed by atoms with Crippen LogP contribution in [0.15, 0.2) is 0 Å². The van der Waals surface area contributed by atoms with Crippen LogP contribution in [0.2, 0.25) is 0 Å². The van der Waals surface area contributed by atoms with Gasteiger partial charge in [0.15, 0.2) is 0 Å². The van der Waals surface area contributed by atoms with Gasteiger partial charge in [0.1, 0.15) is 13.2 Å². The van der Waals surface area contributed by atoms with Gasteiger partial charge < -0.3 is 24.0 Å². The summed E-state index contributed by atoms with van der Waals surface area (Å²) in [5.74, 6) is 0.0150. The zero-order valence-corrected chi connectivity index (χ0v) is 14.9. The highest BCUT2D eigenvalue weighted by Crippen LogP contribution is 2.23. The van der Waals surface area contributed by atoms with E-state index in [-0.39, 0.29) is 37.1 Å². The highest BCUT2D eigenvalue weighted by molar-refractivity contribution is 5.79. The Bertz CT molecular complexity index is 412. The van der Waals surface area contributed by atoms with Crippen LogP contribution in [0.1, 0.15) is 32.6 Å². The molecule has 0 bridgehead atoms. The number of carbonyl (C=O) groups excluding carboxylic acids is 2. The average Bonchev–Trinajstić information content (AvgIpc) is 2.61. The minimum atomic E-state index is 0.00710. The summed E-state index contributed by atoms with van der Waals surface area (Å²) in [5.41, 5.74) is 0. The molecule has 7 heteroatoms. The second-order valence-electron chi connectivity index (χ2n) is 6.35. The Hall–Kier alpha value is -1.18. The first kappa shape index (κ1) is 19.1. The third kappa shape index (κ3) is 5.16. The van der Waals surface area contributed by atoms with Gasteiger partial charge in [0.25, 0.3) is 0 Å². The number of hydrogen-bond acceptors (Lipinski definition) is 5. The molecule has 0 aliphatic carbocycles. The number of piperidine rings is 1.